The first kappa shape index (κ1) is 16.6. The Morgan fingerprint density at radius 1 is 1.12 bits per heavy atom. The number of carbonyl (C=O) groups excluding carboxylic acids is 1. The van der Waals surface area contributed by atoms with Gasteiger partial charge in [-0.1, -0.05) is 18.2 Å². The molecule has 0 bridgehead atoms. The van der Waals surface area contributed by atoms with Crippen molar-refractivity contribution in [2.24, 2.45) is 0 Å². The molecule has 0 saturated heterocycles. The van der Waals surface area contributed by atoms with Gasteiger partial charge < -0.3 is 19.8 Å². The second-order valence-corrected chi connectivity index (χ2v) is 5.50. The molecule has 3 rings (SSSR count). The van der Waals surface area contributed by atoms with Crippen molar-refractivity contribution in [1.29, 1.82) is 0 Å². The van der Waals surface area contributed by atoms with Crippen molar-refractivity contribution in [2.75, 3.05) is 24.3 Å². The lowest BCUT2D eigenvalue weighted by Crippen LogP contribution is -2.30. The highest BCUT2D eigenvalue weighted by molar-refractivity contribution is 6.04. The molecular weight excluding hydrogens is 316 g/mol. The summed E-state index contributed by atoms with van der Waals surface area (Å²) in [6, 6.07) is 18.3. The molecule has 0 aliphatic rings. The van der Waals surface area contributed by atoms with Crippen LogP contribution in [0.2, 0.25) is 0 Å². The number of rotatable bonds is 5. The first-order valence-electron chi connectivity index (χ1n) is 8.04. The van der Waals surface area contributed by atoms with Gasteiger partial charge in [0.15, 0.2) is 5.76 Å². The van der Waals surface area contributed by atoms with Crippen molar-refractivity contribution in [1.82, 2.24) is 0 Å². The van der Waals surface area contributed by atoms with Gasteiger partial charge in [-0.3, -0.25) is 4.79 Å². The van der Waals surface area contributed by atoms with Crippen molar-refractivity contribution in [3.8, 4) is 17.1 Å². The van der Waals surface area contributed by atoms with E-state index in [0.29, 0.717) is 23.7 Å². The summed E-state index contributed by atoms with van der Waals surface area (Å²) in [4.78, 5) is 14.5. The Kier molecular flexibility index (Phi) is 4.75. The number of hydrogen-bond donors (Lipinski definition) is 1. The maximum absolute atomic E-state index is 12.8. The SMILES string of the molecule is CCN(C(=O)c1ccc(-c2ccc(OC)cc2N)o1)c1ccccc1. The summed E-state index contributed by atoms with van der Waals surface area (Å²) < 4.78 is 10.9. The monoisotopic (exact) mass is 336 g/mol. The molecule has 1 aromatic heterocycles. The highest BCUT2D eigenvalue weighted by Crippen LogP contribution is 2.31. The first-order valence-corrected chi connectivity index (χ1v) is 8.04. The fourth-order valence-electron chi connectivity index (χ4n) is 2.67. The van der Waals surface area contributed by atoms with Crippen LogP contribution in [0, 0.1) is 0 Å². The van der Waals surface area contributed by atoms with Gasteiger partial charge in [0.25, 0.3) is 5.91 Å². The number of methoxy groups -OCH3 is 1. The summed E-state index contributed by atoms with van der Waals surface area (Å²) in [6.45, 7) is 2.47. The van der Waals surface area contributed by atoms with Crippen LogP contribution in [-0.2, 0) is 0 Å². The number of benzene rings is 2. The van der Waals surface area contributed by atoms with Crippen LogP contribution in [0.5, 0.6) is 5.75 Å². The quantitative estimate of drug-likeness (QED) is 0.709. The van der Waals surface area contributed by atoms with E-state index in [0.717, 1.165) is 11.3 Å². The number of nitrogen functional groups attached to an aromatic ring is 1. The number of amides is 1. The number of ether oxygens (including phenoxy) is 1. The zero-order chi connectivity index (χ0) is 17.8. The number of hydrogen-bond acceptors (Lipinski definition) is 4. The van der Waals surface area contributed by atoms with Gasteiger partial charge in [0.05, 0.1) is 7.11 Å². The zero-order valence-electron chi connectivity index (χ0n) is 14.2. The number of nitrogens with zero attached hydrogens (tertiary/aromatic N) is 1. The van der Waals surface area contributed by atoms with Crippen molar-refractivity contribution < 1.29 is 13.9 Å². The van der Waals surface area contributed by atoms with Crippen molar-refractivity contribution in [2.45, 2.75) is 6.92 Å². The average molecular weight is 336 g/mol. The molecular formula is C20H20N2O3. The third-order valence-corrected chi connectivity index (χ3v) is 3.97. The van der Waals surface area contributed by atoms with E-state index in [9.17, 15) is 4.79 Å². The van der Waals surface area contributed by atoms with Gasteiger partial charge in [-0.15, -0.1) is 0 Å². The predicted molar refractivity (Wildman–Crippen MR) is 98.9 cm³/mol. The van der Waals surface area contributed by atoms with Crippen LogP contribution >= 0.6 is 0 Å². The highest BCUT2D eigenvalue weighted by Gasteiger charge is 2.20. The Labute approximate surface area is 146 Å². The van der Waals surface area contributed by atoms with Crippen LogP contribution < -0.4 is 15.4 Å². The first-order chi connectivity index (χ1) is 12.1. The number of nitrogens with two attached hydrogens (primary N) is 1. The molecule has 25 heavy (non-hydrogen) atoms. The van der Waals surface area contributed by atoms with Crippen LogP contribution in [0.1, 0.15) is 17.5 Å². The average Bonchev–Trinajstić information content (AvgIpc) is 3.13. The minimum absolute atomic E-state index is 0.188. The predicted octanol–water partition coefficient (Wildman–Crippen LogP) is 4.20. The third-order valence-electron chi connectivity index (χ3n) is 3.97. The maximum Gasteiger partial charge on any atom is 0.293 e. The molecule has 0 aliphatic heterocycles. The van der Waals surface area contributed by atoms with Crippen molar-refractivity contribution >= 4 is 17.3 Å². The van der Waals surface area contributed by atoms with Gasteiger partial charge in [-0.25, -0.2) is 0 Å². The lowest BCUT2D eigenvalue weighted by molar-refractivity contribution is 0.0962. The Morgan fingerprint density at radius 2 is 1.88 bits per heavy atom. The summed E-state index contributed by atoms with van der Waals surface area (Å²) in [7, 11) is 1.58. The minimum Gasteiger partial charge on any atom is -0.497 e. The topological polar surface area (TPSA) is 68.7 Å². The largest absolute Gasteiger partial charge is 0.497 e. The standard InChI is InChI=1S/C20H20N2O3/c1-3-22(14-7-5-4-6-8-14)20(23)19-12-11-18(25-19)16-10-9-15(24-2)13-17(16)21/h4-13H,3,21H2,1-2H3. The molecule has 128 valence electrons. The van der Waals surface area contributed by atoms with Gasteiger partial charge in [0.1, 0.15) is 11.5 Å². The van der Waals surface area contributed by atoms with Crippen LogP contribution in [0.3, 0.4) is 0 Å². The number of anilines is 2. The number of para-hydroxylation sites is 1. The fourth-order valence-corrected chi connectivity index (χ4v) is 2.67. The van der Waals surface area contributed by atoms with E-state index in [2.05, 4.69) is 0 Å². The normalized spacial score (nSPS) is 10.5. The summed E-state index contributed by atoms with van der Waals surface area (Å²) >= 11 is 0. The molecule has 3 aromatic rings. The molecule has 0 spiro atoms. The molecule has 5 heteroatoms. The van der Waals surface area contributed by atoms with E-state index < -0.39 is 0 Å². The minimum atomic E-state index is -0.188. The summed E-state index contributed by atoms with van der Waals surface area (Å²) in [5, 5.41) is 0. The summed E-state index contributed by atoms with van der Waals surface area (Å²) in [5.74, 6) is 1.31. The molecule has 2 aromatic carbocycles. The fraction of sp³-hybridized carbons (Fsp3) is 0.150. The van der Waals surface area contributed by atoms with Gasteiger partial charge in [-0.05, 0) is 43.3 Å². The molecule has 1 heterocycles. The highest BCUT2D eigenvalue weighted by atomic mass is 16.5. The molecule has 1 amide bonds. The molecule has 0 unspecified atom stereocenters. The van der Waals surface area contributed by atoms with Gasteiger partial charge in [-0.2, -0.15) is 0 Å². The smallest absolute Gasteiger partial charge is 0.293 e. The van der Waals surface area contributed by atoms with Crippen LogP contribution in [0.25, 0.3) is 11.3 Å². The molecule has 0 aliphatic carbocycles. The second-order valence-electron chi connectivity index (χ2n) is 5.50. The maximum atomic E-state index is 12.8. The third kappa shape index (κ3) is 3.35. The van der Waals surface area contributed by atoms with Gasteiger partial charge in [0, 0.05) is 29.5 Å². The molecule has 0 fully saturated rings. The Bertz CT molecular complexity index is 872. The molecule has 0 radical (unpaired) electrons. The number of carbonyl (C=O) groups is 1. The van der Waals surface area contributed by atoms with Crippen molar-refractivity contribution in [3.05, 3.63) is 66.4 Å². The lowest BCUT2D eigenvalue weighted by Gasteiger charge is -2.19. The molecule has 0 atom stereocenters. The Hall–Kier alpha value is -3.21. The van der Waals surface area contributed by atoms with E-state index in [1.807, 2.05) is 43.3 Å². The van der Waals surface area contributed by atoms with Crippen LogP contribution in [-0.4, -0.2) is 19.6 Å². The Balaban J connectivity index is 1.89. The summed E-state index contributed by atoms with van der Waals surface area (Å²) in [5.41, 5.74) is 8.14. The molecule has 5 nitrogen and oxygen atoms in total. The van der Waals surface area contributed by atoms with Gasteiger partial charge in [0.2, 0.25) is 0 Å². The summed E-state index contributed by atoms with van der Waals surface area (Å²) in [6.07, 6.45) is 0. The van der Waals surface area contributed by atoms with Crippen LogP contribution in [0.15, 0.2) is 65.1 Å². The van der Waals surface area contributed by atoms with E-state index in [4.69, 9.17) is 14.9 Å². The van der Waals surface area contributed by atoms with E-state index in [1.165, 1.54) is 0 Å². The Morgan fingerprint density at radius 3 is 2.52 bits per heavy atom. The molecule has 2 N–H and O–H groups in total. The molecule has 0 saturated carbocycles. The second kappa shape index (κ2) is 7.13. The van der Waals surface area contributed by atoms with E-state index in [1.54, 1.807) is 36.3 Å². The lowest BCUT2D eigenvalue weighted by atomic mass is 10.1. The van der Waals surface area contributed by atoms with Gasteiger partial charge >= 0.3 is 0 Å². The van der Waals surface area contributed by atoms with Crippen molar-refractivity contribution in [3.63, 3.8) is 0 Å². The van der Waals surface area contributed by atoms with E-state index >= 15 is 0 Å². The zero-order valence-corrected chi connectivity index (χ0v) is 14.2. The van der Waals surface area contributed by atoms with Crippen LogP contribution in [0.4, 0.5) is 11.4 Å². The number of furan rings is 1. The van der Waals surface area contributed by atoms with E-state index in [-0.39, 0.29) is 11.7 Å².